The normalized spacial score (nSPS) is 12.1. The number of sulfonamides is 1. The molecule has 0 aliphatic carbocycles. The average molecular weight is 646 g/mol. The minimum Gasteiger partial charge on any atom is -0.352 e. The van der Waals surface area contributed by atoms with Crippen LogP contribution in [0.1, 0.15) is 41.7 Å². The summed E-state index contributed by atoms with van der Waals surface area (Å²) in [6.07, 6.45) is 0.236. The number of carbonyl (C=O) groups excluding carboxylic acids is 2. The molecule has 7 nitrogen and oxygen atoms in total. The molecular weight excluding hydrogens is 606 g/mol. The van der Waals surface area contributed by atoms with Crippen molar-refractivity contribution >= 4 is 39.1 Å². The van der Waals surface area contributed by atoms with Crippen LogP contribution in [0.25, 0.3) is 0 Å². The molecule has 4 rings (SSSR count). The number of amides is 2. The number of aryl methyl sites for hydroxylation is 2. The van der Waals surface area contributed by atoms with Gasteiger partial charge in [-0.1, -0.05) is 83.9 Å². The van der Waals surface area contributed by atoms with Crippen molar-refractivity contribution < 1.29 is 18.0 Å². The van der Waals surface area contributed by atoms with Crippen LogP contribution < -0.4 is 9.62 Å². The quantitative estimate of drug-likeness (QED) is 0.188. The molecule has 45 heavy (non-hydrogen) atoms. The fourth-order valence-electron chi connectivity index (χ4n) is 5.12. The molecule has 2 amide bonds. The second kappa shape index (κ2) is 14.8. The molecule has 0 unspecified atom stereocenters. The summed E-state index contributed by atoms with van der Waals surface area (Å²) in [5, 5.41) is 3.46. The monoisotopic (exact) mass is 645 g/mol. The van der Waals surface area contributed by atoms with E-state index in [0.717, 1.165) is 26.6 Å². The van der Waals surface area contributed by atoms with E-state index < -0.39 is 28.5 Å². The maximum Gasteiger partial charge on any atom is 0.264 e. The summed E-state index contributed by atoms with van der Waals surface area (Å²) in [7, 11) is -4.18. The lowest BCUT2D eigenvalue weighted by molar-refractivity contribution is -0.140. The van der Waals surface area contributed by atoms with Gasteiger partial charge in [-0.15, -0.1) is 0 Å². The number of hydrogen-bond acceptors (Lipinski definition) is 4. The van der Waals surface area contributed by atoms with E-state index in [-0.39, 0.29) is 29.8 Å². The molecule has 0 spiro atoms. The van der Waals surface area contributed by atoms with Gasteiger partial charge in [0.05, 0.1) is 10.6 Å². The molecule has 1 N–H and O–H groups in total. The largest absolute Gasteiger partial charge is 0.352 e. The molecular formula is C36H40ClN3O4S. The van der Waals surface area contributed by atoms with Gasteiger partial charge in [0.1, 0.15) is 12.6 Å². The summed E-state index contributed by atoms with van der Waals surface area (Å²) in [4.78, 5) is 29.9. The zero-order valence-corrected chi connectivity index (χ0v) is 27.9. The smallest absolute Gasteiger partial charge is 0.264 e. The van der Waals surface area contributed by atoms with Gasteiger partial charge in [-0.25, -0.2) is 8.42 Å². The van der Waals surface area contributed by atoms with Crippen LogP contribution in [0.3, 0.4) is 0 Å². The fraction of sp³-hybridized carbons (Fsp3) is 0.278. The molecule has 0 saturated heterocycles. The highest BCUT2D eigenvalue weighted by molar-refractivity contribution is 7.92. The first-order valence-corrected chi connectivity index (χ1v) is 16.7. The maximum atomic E-state index is 14.6. The third-order valence-corrected chi connectivity index (χ3v) is 9.69. The molecule has 0 aliphatic rings. The summed E-state index contributed by atoms with van der Waals surface area (Å²) in [6.45, 7) is 8.87. The van der Waals surface area contributed by atoms with E-state index in [0.29, 0.717) is 16.3 Å². The van der Waals surface area contributed by atoms with Gasteiger partial charge in [0.15, 0.2) is 0 Å². The predicted octanol–water partition coefficient (Wildman–Crippen LogP) is 6.63. The molecule has 0 bridgehead atoms. The number of carbonyl (C=O) groups is 2. The highest BCUT2D eigenvalue weighted by Crippen LogP contribution is 2.29. The Kier molecular flexibility index (Phi) is 11.1. The predicted molar refractivity (Wildman–Crippen MR) is 181 cm³/mol. The van der Waals surface area contributed by atoms with Crippen LogP contribution in [-0.2, 0) is 32.6 Å². The summed E-state index contributed by atoms with van der Waals surface area (Å²) in [6, 6.07) is 27.4. The fourth-order valence-corrected chi connectivity index (χ4v) is 6.81. The van der Waals surface area contributed by atoms with Crippen molar-refractivity contribution in [3.63, 3.8) is 0 Å². The lowest BCUT2D eigenvalue weighted by Crippen LogP contribution is -2.54. The van der Waals surface area contributed by atoms with Crippen molar-refractivity contribution in [1.29, 1.82) is 0 Å². The van der Waals surface area contributed by atoms with Gasteiger partial charge in [-0.3, -0.25) is 13.9 Å². The first kappa shape index (κ1) is 33.7. The Labute approximate surface area is 271 Å². The van der Waals surface area contributed by atoms with Crippen LogP contribution in [0.5, 0.6) is 0 Å². The van der Waals surface area contributed by atoms with Gasteiger partial charge < -0.3 is 10.2 Å². The third kappa shape index (κ3) is 8.53. The summed E-state index contributed by atoms with van der Waals surface area (Å²) >= 11 is 6.31. The Morgan fingerprint density at radius 2 is 1.47 bits per heavy atom. The third-order valence-electron chi connectivity index (χ3n) is 7.68. The lowest BCUT2D eigenvalue weighted by Gasteiger charge is -2.34. The number of hydrogen-bond donors (Lipinski definition) is 1. The molecule has 0 radical (unpaired) electrons. The zero-order valence-electron chi connectivity index (χ0n) is 26.3. The molecule has 4 aromatic rings. The number of nitrogens with one attached hydrogen (secondary N) is 1. The van der Waals surface area contributed by atoms with Crippen LogP contribution in [-0.4, -0.2) is 43.8 Å². The minimum atomic E-state index is -4.18. The molecule has 0 fully saturated rings. The van der Waals surface area contributed by atoms with Crippen molar-refractivity contribution in [3.05, 3.63) is 130 Å². The van der Waals surface area contributed by atoms with E-state index in [4.69, 9.17) is 11.6 Å². The van der Waals surface area contributed by atoms with E-state index in [1.165, 1.54) is 4.90 Å². The standard InChI is InChI=1S/C36H40ClN3O4S/c1-25(2)38-36(42)34(22-29-12-7-6-8-13-29)39(23-30-14-10-15-31(37)21-30)35(41)24-40(33-16-9-11-27(4)28(33)5)45(43,44)32-19-17-26(3)18-20-32/h6-21,25,34H,22-24H2,1-5H3,(H,38,42)/t34-/m1/s1. The highest BCUT2D eigenvalue weighted by atomic mass is 35.5. The number of rotatable bonds is 12. The Bertz CT molecular complexity index is 1740. The second-order valence-corrected chi connectivity index (χ2v) is 13.9. The molecule has 0 saturated carbocycles. The van der Waals surface area contributed by atoms with Crippen LogP contribution in [0.2, 0.25) is 5.02 Å². The zero-order chi connectivity index (χ0) is 32.7. The molecule has 4 aromatic carbocycles. The van der Waals surface area contributed by atoms with E-state index in [1.54, 1.807) is 54.6 Å². The Balaban J connectivity index is 1.84. The number of benzene rings is 4. The van der Waals surface area contributed by atoms with Gasteiger partial charge in [0.2, 0.25) is 11.8 Å². The maximum absolute atomic E-state index is 14.6. The first-order valence-electron chi connectivity index (χ1n) is 14.9. The minimum absolute atomic E-state index is 0.0492. The van der Waals surface area contributed by atoms with Crippen molar-refractivity contribution in [2.24, 2.45) is 0 Å². The van der Waals surface area contributed by atoms with E-state index in [1.807, 2.05) is 77.1 Å². The van der Waals surface area contributed by atoms with E-state index in [2.05, 4.69) is 5.32 Å². The lowest BCUT2D eigenvalue weighted by atomic mass is 10.0. The van der Waals surface area contributed by atoms with Gasteiger partial charge in [0, 0.05) is 24.0 Å². The van der Waals surface area contributed by atoms with Crippen molar-refractivity contribution in [3.8, 4) is 0 Å². The SMILES string of the molecule is Cc1ccc(S(=O)(=O)N(CC(=O)N(Cc2cccc(Cl)c2)[C@H](Cc2ccccc2)C(=O)NC(C)C)c2cccc(C)c2C)cc1. The number of nitrogens with zero attached hydrogens (tertiary/aromatic N) is 2. The topological polar surface area (TPSA) is 86.8 Å². The second-order valence-electron chi connectivity index (χ2n) is 11.6. The number of anilines is 1. The van der Waals surface area contributed by atoms with Gasteiger partial charge in [-0.2, -0.15) is 0 Å². The van der Waals surface area contributed by atoms with Crippen LogP contribution in [0.4, 0.5) is 5.69 Å². The molecule has 1 atom stereocenters. The van der Waals surface area contributed by atoms with Gasteiger partial charge >= 0.3 is 0 Å². The molecule has 236 valence electrons. The first-order chi connectivity index (χ1) is 21.4. The van der Waals surface area contributed by atoms with Gasteiger partial charge in [0.25, 0.3) is 10.0 Å². The van der Waals surface area contributed by atoms with Crippen molar-refractivity contribution in [2.75, 3.05) is 10.8 Å². The molecule has 0 heterocycles. The van der Waals surface area contributed by atoms with E-state index in [9.17, 15) is 18.0 Å². The van der Waals surface area contributed by atoms with Crippen molar-refractivity contribution in [2.45, 2.75) is 64.6 Å². The summed E-state index contributed by atoms with van der Waals surface area (Å²) in [5.74, 6) is -0.852. The van der Waals surface area contributed by atoms with Crippen LogP contribution >= 0.6 is 11.6 Å². The van der Waals surface area contributed by atoms with Crippen LogP contribution in [0.15, 0.2) is 102 Å². The summed E-state index contributed by atoms with van der Waals surface area (Å²) < 4.78 is 29.7. The number of halogens is 1. The van der Waals surface area contributed by atoms with Gasteiger partial charge in [-0.05, 0) is 87.2 Å². The Morgan fingerprint density at radius 1 is 0.822 bits per heavy atom. The molecule has 0 aromatic heterocycles. The molecule has 0 aliphatic heterocycles. The Hall–Kier alpha value is -4.14. The van der Waals surface area contributed by atoms with Crippen LogP contribution in [0, 0.1) is 20.8 Å². The van der Waals surface area contributed by atoms with E-state index >= 15 is 0 Å². The highest BCUT2D eigenvalue weighted by Gasteiger charge is 2.35. The van der Waals surface area contributed by atoms with Crippen molar-refractivity contribution in [1.82, 2.24) is 10.2 Å². The molecule has 9 heteroatoms. The average Bonchev–Trinajstić information content (AvgIpc) is 2.99. The Morgan fingerprint density at radius 3 is 2.11 bits per heavy atom. The summed E-state index contributed by atoms with van der Waals surface area (Å²) in [5.41, 5.74) is 4.52.